The predicted octanol–water partition coefficient (Wildman–Crippen LogP) is 5.24. The van der Waals surface area contributed by atoms with Crippen LogP contribution in [-0.4, -0.2) is 4.57 Å². The van der Waals surface area contributed by atoms with E-state index in [1.807, 2.05) is 0 Å². The van der Waals surface area contributed by atoms with Gasteiger partial charge in [-0.2, -0.15) is 0 Å². The summed E-state index contributed by atoms with van der Waals surface area (Å²) in [5.41, 5.74) is 5.46. The third-order valence-electron chi connectivity index (χ3n) is 5.74. The fraction of sp³-hybridized carbons (Fsp3) is 0.429. The van der Waals surface area contributed by atoms with Crippen molar-refractivity contribution in [3.05, 3.63) is 65.5 Å². The molecule has 2 aromatic rings. The Morgan fingerprint density at radius 2 is 1.68 bits per heavy atom. The summed E-state index contributed by atoms with van der Waals surface area (Å²) in [5, 5.41) is 0. The van der Waals surface area contributed by atoms with Crippen molar-refractivity contribution in [1.82, 2.24) is 4.57 Å². The van der Waals surface area contributed by atoms with Crippen molar-refractivity contribution in [3.63, 3.8) is 0 Å². The minimum Gasteiger partial charge on any atom is -0.323 e. The van der Waals surface area contributed by atoms with Gasteiger partial charge in [0.1, 0.15) is 0 Å². The first kappa shape index (κ1) is 13.9. The summed E-state index contributed by atoms with van der Waals surface area (Å²) >= 11 is 0. The molecule has 1 nitrogen and oxygen atoms in total. The smallest absolute Gasteiger partial charge is 0.0449 e. The molecule has 0 radical (unpaired) electrons. The molecule has 4 rings (SSSR count). The molecule has 3 unspecified atom stereocenters. The molecule has 1 heterocycles. The number of rotatable bonds is 4. The Morgan fingerprint density at radius 1 is 0.955 bits per heavy atom. The van der Waals surface area contributed by atoms with Gasteiger partial charge < -0.3 is 4.57 Å². The maximum absolute atomic E-state index is 2.47. The summed E-state index contributed by atoms with van der Waals surface area (Å²) in [4.78, 5) is 0. The first-order chi connectivity index (χ1) is 10.7. The Balaban J connectivity index is 1.40. The van der Waals surface area contributed by atoms with Crippen LogP contribution >= 0.6 is 0 Å². The lowest BCUT2D eigenvalue weighted by Crippen LogP contribution is -2.08. The van der Waals surface area contributed by atoms with Crippen molar-refractivity contribution in [3.8, 4) is 5.69 Å². The first-order valence-electron chi connectivity index (χ1n) is 8.62. The number of hydrogen-bond donors (Lipinski definition) is 0. The standard InChI is InChI=1S/C21H25N/c1-15-13-22(14-16(15)2)21-9-5-17(6-10-21)3-7-19-11-18-4-8-20(19)12-18/h4-6,8-10,13-14,18-20H,3,7,11-12H2,1-2H3. The number of aromatic nitrogens is 1. The highest BCUT2D eigenvalue weighted by molar-refractivity contribution is 5.38. The molecule has 2 aliphatic rings. The van der Waals surface area contributed by atoms with Gasteiger partial charge in [0, 0.05) is 18.1 Å². The molecule has 1 aromatic carbocycles. The Kier molecular flexibility index (Phi) is 3.44. The summed E-state index contributed by atoms with van der Waals surface area (Å²) in [6, 6.07) is 9.13. The summed E-state index contributed by atoms with van der Waals surface area (Å²) in [6.45, 7) is 4.34. The van der Waals surface area contributed by atoms with E-state index in [4.69, 9.17) is 0 Å². The van der Waals surface area contributed by atoms with Crippen LogP contribution in [0.5, 0.6) is 0 Å². The molecule has 22 heavy (non-hydrogen) atoms. The summed E-state index contributed by atoms with van der Waals surface area (Å²) in [7, 11) is 0. The fourth-order valence-electron chi connectivity index (χ4n) is 4.22. The molecule has 3 atom stereocenters. The van der Waals surface area contributed by atoms with Gasteiger partial charge in [0.15, 0.2) is 0 Å². The van der Waals surface area contributed by atoms with E-state index in [1.165, 1.54) is 48.1 Å². The molecule has 0 spiro atoms. The second kappa shape index (κ2) is 5.46. The van der Waals surface area contributed by atoms with E-state index in [0.29, 0.717) is 0 Å². The van der Waals surface area contributed by atoms with Crippen LogP contribution in [0.2, 0.25) is 0 Å². The SMILES string of the molecule is Cc1cn(-c2ccc(CCC3CC4C=CC3C4)cc2)cc1C. The van der Waals surface area contributed by atoms with Crippen molar-refractivity contribution in [2.45, 2.75) is 39.5 Å². The molecule has 0 N–H and O–H groups in total. The van der Waals surface area contributed by atoms with Crippen molar-refractivity contribution in [2.75, 3.05) is 0 Å². The maximum Gasteiger partial charge on any atom is 0.0449 e. The van der Waals surface area contributed by atoms with E-state index >= 15 is 0 Å². The van der Waals surface area contributed by atoms with Gasteiger partial charge >= 0.3 is 0 Å². The second-order valence-corrected chi connectivity index (χ2v) is 7.28. The summed E-state index contributed by atoms with van der Waals surface area (Å²) in [6.07, 6.45) is 14.8. The van der Waals surface area contributed by atoms with Crippen LogP contribution in [0.1, 0.15) is 36.0 Å². The molecule has 0 saturated heterocycles. The van der Waals surface area contributed by atoms with Crippen LogP contribution in [0.15, 0.2) is 48.8 Å². The third-order valence-corrected chi connectivity index (χ3v) is 5.74. The van der Waals surface area contributed by atoms with E-state index in [0.717, 1.165) is 17.8 Å². The number of nitrogens with zero attached hydrogens (tertiary/aromatic N) is 1. The topological polar surface area (TPSA) is 4.93 Å². The van der Waals surface area contributed by atoms with Crippen LogP contribution < -0.4 is 0 Å². The molecule has 1 aromatic heterocycles. The van der Waals surface area contributed by atoms with Gasteiger partial charge in [-0.05, 0) is 86.1 Å². The van der Waals surface area contributed by atoms with Gasteiger partial charge in [-0.25, -0.2) is 0 Å². The van der Waals surface area contributed by atoms with Crippen LogP contribution in [-0.2, 0) is 6.42 Å². The highest BCUT2D eigenvalue weighted by Crippen LogP contribution is 2.45. The molecule has 0 aliphatic heterocycles. The monoisotopic (exact) mass is 291 g/mol. The Labute approximate surface area is 133 Å². The quantitative estimate of drug-likeness (QED) is 0.679. The maximum atomic E-state index is 2.47. The third kappa shape index (κ3) is 2.54. The van der Waals surface area contributed by atoms with Crippen molar-refractivity contribution >= 4 is 0 Å². The average Bonchev–Trinajstić information content (AvgIpc) is 3.22. The predicted molar refractivity (Wildman–Crippen MR) is 92.4 cm³/mol. The van der Waals surface area contributed by atoms with Crippen molar-refractivity contribution < 1.29 is 0 Å². The number of benzene rings is 1. The summed E-state index contributed by atoms with van der Waals surface area (Å²) < 4.78 is 2.23. The molecular formula is C21H25N. The van der Waals surface area contributed by atoms with Crippen LogP contribution in [0.3, 0.4) is 0 Å². The zero-order valence-electron chi connectivity index (χ0n) is 13.6. The lowest BCUT2D eigenvalue weighted by atomic mass is 9.88. The lowest BCUT2D eigenvalue weighted by molar-refractivity contribution is 0.416. The Morgan fingerprint density at radius 3 is 2.27 bits per heavy atom. The largest absolute Gasteiger partial charge is 0.323 e. The van der Waals surface area contributed by atoms with Gasteiger partial charge in [-0.3, -0.25) is 0 Å². The zero-order valence-corrected chi connectivity index (χ0v) is 13.6. The number of allylic oxidation sites excluding steroid dienone is 2. The van der Waals surface area contributed by atoms with Crippen LogP contribution in [0.25, 0.3) is 5.69 Å². The lowest BCUT2D eigenvalue weighted by Gasteiger charge is -2.17. The number of fused-ring (bicyclic) bond motifs is 2. The molecule has 114 valence electrons. The van der Waals surface area contributed by atoms with E-state index < -0.39 is 0 Å². The normalized spacial score (nSPS) is 26.0. The van der Waals surface area contributed by atoms with E-state index in [9.17, 15) is 0 Å². The summed E-state index contributed by atoms with van der Waals surface area (Å²) in [5.74, 6) is 2.72. The molecule has 1 fully saturated rings. The molecule has 0 amide bonds. The number of aryl methyl sites for hydroxylation is 3. The van der Waals surface area contributed by atoms with E-state index in [-0.39, 0.29) is 0 Å². The molecule has 1 heteroatoms. The van der Waals surface area contributed by atoms with Gasteiger partial charge in [-0.1, -0.05) is 24.3 Å². The molecule has 1 saturated carbocycles. The number of hydrogen-bond acceptors (Lipinski definition) is 0. The minimum atomic E-state index is 0.884. The van der Waals surface area contributed by atoms with Gasteiger partial charge in [-0.15, -0.1) is 0 Å². The van der Waals surface area contributed by atoms with Crippen LogP contribution in [0, 0.1) is 31.6 Å². The Hall–Kier alpha value is -1.76. The van der Waals surface area contributed by atoms with Gasteiger partial charge in [0.25, 0.3) is 0 Å². The highest BCUT2D eigenvalue weighted by atomic mass is 14.9. The van der Waals surface area contributed by atoms with Crippen molar-refractivity contribution in [1.29, 1.82) is 0 Å². The Bertz CT molecular complexity index is 670. The average molecular weight is 291 g/mol. The zero-order chi connectivity index (χ0) is 15.1. The van der Waals surface area contributed by atoms with Crippen molar-refractivity contribution in [2.24, 2.45) is 17.8 Å². The second-order valence-electron chi connectivity index (χ2n) is 7.28. The highest BCUT2D eigenvalue weighted by Gasteiger charge is 2.34. The van der Waals surface area contributed by atoms with Gasteiger partial charge in [0.2, 0.25) is 0 Å². The fourth-order valence-corrected chi connectivity index (χ4v) is 4.22. The first-order valence-corrected chi connectivity index (χ1v) is 8.62. The van der Waals surface area contributed by atoms with E-state index in [1.54, 1.807) is 0 Å². The van der Waals surface area contributed by atoms with Crippen LogP contribution in [0.4, 0.5) is 0 Å². The molecule has 2 aliphatic carbocycles. The molecular weight excluding hydrogens is 266 g/mol. The van der Waals surface area contributed by atoms with E-state index in [2.05, 4.69) is 67.2 Å². The molecule has 2 bridgehead atoms. The van der Waals surface area contributed by atoms with Gasteiger partial charge in [0.05, 0.1) is 0 Å². The minimum absolute atomic E-state index is 0.884.